The van der Waals surface area contributed by atoms with Gasteiger partial charge in [0.2, 0.25) is 0 Å². The van der Waals surface area contributed by atoms with Crippen LogP contribution in [0.5, 0.6) is 11.5 Å². The highest BCUT2D eigenvalue weighted by Gasteiger charge is 2.22. The average Bonchev–Trinajstić information content (AvgIpc) is 3.78. The Hall–Kier alpha value is -6.45. The molecule has 8 rings (SSSR count). The normalized spacial score (nSPS) is 11.5. The van der Waals surface area contributed by atoms with Gasteiger partial charge in [0.25, 0.3) is 0 Å². The molecule has 3 heterocycles. The predicted octanol–water partition coefficient (Wildman–Crippen LogP) is 12.3. The van der Waals surface area contributed by atoms with Crippen molar-refractivity contribution >= 4 is 27.5 Å². The van der Waals surface area contributed by atoms with E-state index in [4.69, 9.17) is 16.3 Å². The van der Waals surface area contributed by atoms with Gasteiger partial charge in [-0.1, -0.05) is 82.3 Å². The number of pyridine rings is 1. The van der Waals surface area contributed by atoms with Crippen molar-refractivity contribution in [3.8, 4) is 45.5 Å². The molecule has 248 valence electrons. The van der Waals surface area contributed by atoms with Crippen LogP contribution < -0.4 is 4.74 Å². The van der Waals surface area contributed by atoms with Gasteiger partial charge in [-0.3, -0.25) is 9.13 Å². The molecule has 8 aromatic rings. The minimum absolute atomic E-state index is 0.265. The van der Waals surface area contributed by atoms with Crippen LogP contribution in [0.15, 0.2) is 140 Å². The number of nitrogens with zero attached hydrogens (tertiary/aromatic N) is 5. The second-order valence-electron chi connectivity index (χ2n) is 13.4. The van der Waals surface area contributed by atoms with E-state index in [1.54, 1.807) is 6.07 Å². The van der Waals surface area contributed by atoms with Crippen LogP contribution >= 0.6 is 0 Å². The summed E-state index contributed by atoms with van der Waals surface area (Å²) in [4.78, 5) is 13.4. The molecule has 0 radical (unpaired) electrons. The third-order valence-electron chi connectivity index (χ3n) is 9.44. The van der Waals surface area contributed by atoms with Crippen LogP contribution in [-0.2, 0) is 0 Å². The highest BCUT2D eigenvalue weighted by atomic mass is 16.5. The van der Waals surface area contributed by atoms with Crippen molar-refractivity contribution in [1.82, 2.24) is 19.1 Å². The smallest absolute Gasteiger partial charge is 0.191 e. The van der Waals surface area contributed by atoms with E-state index in [0.29, 0.717) is 17.2 Å². The van der Waals surface area contributed by atoms with Crippen LogP contribution in [0.1, 0.15) is 50.7 Å². The molecule has 6 heteroatoms. The molecule has 0 saturated heterocycles. The molecule has 6 nitrogen and oxygen atoms in total. The van der Waals surface area contributed by atoms with Crippen LogP contribution in [0, 0.1) is 6.57 Å². The Kier molecular flexibility index (Phi) is 8.17. The van der Waals surface area contributed by atoms with E-state index in [2.05, 4.69) is 113 Å². The van der Waals surface area contributed by atoms with Crippen LogP contribution in [0.4, 0.5) is 5.69 Å². The Morgan fingerprint density at radius 3 is 2.06 bits per heavy atom. The van der Waals surface area contributed by atoms with Gasteiger partial charge in [-0.05, 0) is 94.8 Å². The molecule has 51 heavy (non-hydrogen) atoms. The van der Waals surface area contributed by atoms with E-state index in [-0.39, 0.29) is 11.8 Å². The number of para-hydroxylation sites is 1. The van der Waals surface area contributed by atoms with E-state index in [1.165, 1.54) is 22.3 Å². The quantitative estimate of drug-likeness (QED) is 0.152. The fourth-order valence-corrected chi connectivity index (χ4v) is 7.05. The van der Waals surface area contributed by atoms with Crippen molar-refractivity contribution in [3.63, 3.8) is 0 Å². The summed E-state index contributed by atoms with van der Waals surface area (Å²) in [5.41, 5.74) is 9.38. The second-order valence-corrected chi connectivity index (χ2v) is 13.4. The van der Waals surface area contributed by atoms with E-state index >= 15 is 0 Å². The lowest BCUT2D eigenvalue weighted by atomic mass is 9.88. The molecule has 0 aliphatic heterocycles. The number of hydrogen-bond acceptors (Lipinski definition) is 3. The molecule has 0 bridgehead atoms. The van der Waals surface area contributed by atoms with Crippen LogP contribution in [0.3, 0.4) is 0 Å². The van der Waals surface area contributed by atoms with Crippen LogP contribution in [0.25, 0.3) is 60.7 Å². The van der Waals surface area contributed by atoms with Gasteiger partial charge in [0.15, 0.2) is 5.69 Å². The number of hydrogen-bond donors (Lipinski definition) is 0. The first-order chi connectivity index (χ1) is 24.9. The van der Waals surface area contributed by atoms with Gasteiger partial charge >= 0.3 is 0 Å². The molecule has 0 fully saturated rings. The Balaban J connectivity index is 1.23. The summed E-state index contributed by atoms with van der Waals surface area (Å²) in [5, 5.41) is 2.26. The lowest BCUT2D eigenvalue weighted by Crippen LogP contribution is -2.08. The summed E-state index contributed by atoms with van der Waals surface area (Å²) in [6.07, 6.45) is 5.67. The van der Waals surface area contributed by atoms with E-state index in [9.17, 15) is 0 Å². The zero-order valence-corrected chi connectivity index (χ0v) is 29.1. The molecular weight excluding hydrogens is 627 g/mol. The van der Waals surface area contributed by atoms with Gasteiger partial charge in [0, 0.05) is 41.0 Å². The summed E-state index contributed by atoms with van der Waals surface area (Å²) >= 11 is 0. The fraction of sp³-hybridized carbons (Fsp3) is 0.133. The Bertz CT molecular complexity index is 2540. The van der Waals surface area contributed by atoms with Crippen molar-refractivity contribution in [2.24, 2.45) is 0 Å². The number of rotatable bonds is 8. The molecule has 0 aliphatic rings. The number of ether oxygens (including phenoxy) is 1. The molecular formula is C45H37N5O. The molecule has 0 aliphatic carbocycles. The second kappa shape index (κ2) is 13.1. The highest BCUT2D eigenvalue weighted by molar-refractivity contribution is 6.09. The summed E-state index contributed by atoms with van der Waals surface area (Å²) in [7, 11) is 0. The molecule has 0 spiro atoms. The maximum atomic E-state index is 7.97. The van der Waals surface area contributed by atoms with Crippen LogP contribution in [-0.4, -0.2) is 19.1 Å². The largest absolute Gasteiger partial charge is 0.459 e. The molecule has 0 amide bonds. The number of aromatic nitrogens is 4. The van der Waals surface area contributed by atoms with Gasteiger partial charge in [-0.25, -0.2) is 14.8 Å². The maximum absolute atomic E-state index is 7.97. The summed E-state index contributed by atoms with van der Waals surface area (Å²) in [5.74, 6) is 3.36. The van der Waals surface area contributed by atoms with Crippen molar-refractivity contribution < 1.29 is 4.74 Å². The first-order valence-electron chi connectivity index (χ1n) is 17.3. The number of imidazole rings is 1. The van der Waals surface area contributed by atoms with Gasteiger partial charge in [0.05, 0.1) is 23.3 Å². The van der Waals surface area contributed by atoms with E-state index in [1.807, 2.05) is 67.1 Å². The van der Waals surface area contributed by atoms with Gasteiger partial charge in [0.1, 0.15) is 23.1 Å². The minimum Gasteiger partial charge on any atom is -0.459 e. The van der Waals surface area contributed by atoms with Crippen molar-refractivity contribution in [3.05, 3.63) is 162 Å². The Morgan fingerprint density at radius 1 is 0.608 bits per heavy atom. The average molecular weight is 664 g/mol. The van der Waals surface area contributed by atoms with Crippen LogP contribution in [0.2, 0.25) is 0 Å². The molecule has 0 atom stereocenters. The summed E-state index contributed by atoms with van der Waals surface area (Å²) in [6, 6.07) is 41.3. The van der Waals surface area contributed by atoms with E-state index < -0.39 is 0 Å². The number of benzene rings is 5. The Morgan fingerprint density at radius 2 is 1.33 bits per heavy atom. The zero-order chi connectivity index (χ0) is 35.1. The maximum Gasteiger partial charge on any atom is 0.191 e. The third-order valence-corrected chi connectivity index (χ3v) is 9.44. The Labute approximate surface area is 298 Å². The molecule has 3 aromatic heterocycles. The first kappa shape index (κ1) is 31.8. The lowest BCUT2D eigenvalue weighted by molar-refractivity contribution is 0.484. The fourth-order valence-electron chi connectivity index (χ4n) is 7.05. The lowest BCUT2D eigenvalue weighted by Gasteiger charge is -2.24. The van der Waals surface area contributed by atoms with Crippen molar-refractivity contribution in [2.75, 3.05) is 0 Å². The minimum atomic E-state index is 0.265. The molecule has 5 aromatic carbocycles. The zero-order valence-electron chi connectivity index (χ0n) is 29.1. The van der Waals surface area contributed by atoms with Crippen molar-refractivity contribution in [1.29, 1.82) is 0 Å². The van der Waals surface area contributed by atoms with Gasteiger partial charge in [-0.2, -0.15) is 0 Å². The van der Waals surface area contributed by atoms with Gasteiger partial charge < -0.3 is 4.74 Å². The van der Waals surface area contributed by atoms with E-state index in [0.717, 1.165) is 44.7 Å². The standard InChI is InChI=1S/C45H37N5O/c1-29(2)39-25-32(31-13-7-6-8-14-31)26-40(30(3)4)44(39)49-22-21-48-45(49)33-23-34(46-5)27-36(24-33)51-35-18-19-38-37-15-9-10-16-41(37)50(42(38)28-35)43-17-11-12-20-47-43/h6-30H,1-4H3. The predicted molar refractivity (Wildman–Crippen MR) is 208 cm³/mol. The number of fused-ring (bicyclic) bond motifs is 3. The third kappa shape index (κ3) is 5.83. The molecule has 0 N–H and O–H groups in total. The van der Waals surface area contributed by atoms with Crippen molar-refractivity contribution in [2.45, 2.75) is 39.5 Å². The summed E-state index contributed by atoms with van der Waals surface area (Å²) < 4.78 is 10.9. The summed E-state index contributed by atoms with van der Waals surface area (Å²) in [6.45, 7) is 16.9. The van der Waals surface area contributed by atoms with Gasteiger partial charge in [-0.15, -0.1) is 0 Å². The molecule has 0 unspecified atom stereocenters. The topological polar surface area (TPSA) is 49.2 Å². The first-order valence-corrected chi connectivity index (χ1v) is 17.3. The monoisotopic (exact) mass is 663 g/mol. The SMILES string of the molecule is [C-]#[N+]c1cc(Oc2ccc3c4ccccc4n(-c4ccccn4)c3c2)cc(-c2nccn2-c2c(C(C)C)cc(-c3ccccc3)cc2C(C)C)c1. The molecule has 0 saturated carbocycles. The highest BCUT2D eigenvalue weighted by Crippen LogP contribution is 2.40.